The normalized spacial score (nSPS) is 18.7. The highest BCUT2D eigenvalue weighted by molar-refractivity contribution is 5.85. The fourth-order valence-corrected chi connectivity index (χ4v) is 3.56. The Labute approximate surface area is 165 Å². The van der Waals surface area contributed by atoms with Crippen LogP contribution in [0.15, 0.2) is 0 Å². The van der Waals surface area contributed by atoms with E-state index in [1.165, 1.54) is 25.9 Å². The highest BCUT2D eigenvalue weighted by Crippen LogP contribution is 2.16. The van der Waals surface area contributed by atoms with Crippen LogP contribution in [0.5, 0.6) is 0 Å². The minimum absolute atomic E-state index is 0. The average Bonchev–Trinajstić information content (AvgIpc) is 3.08. The van der Waals surface area contributed by atoms with Crippen LogP contribution in [0.4, 0.5) is 0 Å². The van der Waals surface area contributed by atoms with Gasteiger partial charge in [-0.1, -0.05) is 12.8 Å². The van der Waals surface area contributed by atoms with Gasteiger partial charge in [0.1, 0.15) is 0 Å². The lowest BCUT2D eigenvalue weighted by atomic mass is 10.1. The van der Waals surface area contributed by atoms with Crippen LogP contribution in [0, 0.1) is 0 Å². The predicted octanol–water partition coefficient (Wildman–Crippen LogP) is 2.84. The molecule has 2 aliphatic heterocycles. The van der Waals surface area contributed by atoms with Crippen molar-refractivity contribution in [1.29, 1.82) is 0 Å². The van der Waals surface area contributed by atoms with Crippen molar-refractivity contribution in [3.8, 4) is 0 Å². The van der Waals surface area contributed by atoms with Crippen LogP contribution in [-0.4, -0.2) is 67.7 Å². The van der Waals surface area contributed by atoms with E-state index in [0.29, 0.717) is 18.4 Å². The predicted molar refractivity (Wildman–Crippen MR) is 108 cm³/mol. The van der Waals surface area contributed by atoms with Gasteiger partial charge in [-0.15, -0.1) is 24.8 Å². The lowest BCUT2D eigenvalue weighted by Crippen LogP contribution is -2.41. The Bertz CT molecular complexity index is 334. The molecule has 2 fully saturated rings. The first-order valence-corrected chi connectivity index (χ1v) is 9.61. The molecule has 1 amide bonds. The maximum atomic E-state index is 12.2. The Morgan fingerprint density at radius 2 is 1.60 bits per heavy atom. The van der Waals surface area contributed by atoms with E-state index >= 15 is 0 Å². The van der Waals surface area contributed by atoms with Gasteiger partial charge in [-0.3, -0.25) is 4.79 Å². The molecule has 0 bridgehead atoms. The summed E-state index contributed by atoms with van der Waals surface area (Å²) in [5, 5.41) is 0. The minimum Gasteiger partial charge on any atom is -0.377 e. The second-order valence-corrected chi connectivity index (χ2v) is 6.95. The third-order valence-corrected chi connectivity index (χ3v) is 5.10. The lowest BCUT2D eigenvalue weighted by Gasteiger charge is -2.32. The molecule has 2 saturated heterocycles. The van der Waals surface area contributed by atoms with E-state index in [1.807, 2.05) is 4.90 Å². The van der Waals surface area contributed by atoms with Crippen LogP contribution in [0.1, 0.15) is 57.8 Å². The van der Waals surface area contributed by atoms with Crippen LogP contribution in [0.25, 0.3) is 0 Å². The molecule has 150 valence electrons. The summed E-state index contributed by atoms with van der Waals surface area (Å²) in [5.41, 5.74) is 5.48. The molecule has 0 atom stereocenters. The number of carbonyl (C=O) groups excluding carboxylic acids is 1. The number of ether oxygens (including phenoxy) is 1. The molecule has 25 heavy (non-hydrogen) atoms. The van der Waals surface area contributed by atoms with Gasteiger partial charge in [0, 0.05) is 26.1 Å². The highest BCUT2D eigenvalue weighted by Gasteiger charge is 2.23. The SMILES string of the molecule is Cl.Cl.NCCCCCCC(=O)N1CCC(OCCN2CCCC2)CC1. The summed E-state index contributed by atoms with van der Waals surface area (Å²) in [5.74, 6) is 0.327. The number of carbonyl (C=O) groups is 1. The molecular formula is C18H37Cl2N3O2. The third-order valence-electron chi connectivity index (χ3n) is 5.10. The number of nitrogens with zero attached hydrogens (tertiary/aromatic N) is 2. The molecule has 0 aromatic carbocycles. The van der Waals surface area contributed by atoms with E-state index in [1.54, 1.807) is 0 Å². The molecule has 0 radical (unpaired) electrons. The number of amides is 1. The van der Waals surface area contributed by atoms with Gasteiger partial charge >= 0.3 is 0 Å². The summed E-state index contributed by atoms with van der Waals surface area (Å²) in [6, 6.07) is 0. The van der Waals surface area contributed by atoms with E-state index in [2.05, 4.69) is 4.90 Å². The van der Waals surface area contributed by atoms with Crippen LogP contribution in [0.2, 0.25) is 0 Å². The van der Waals surface area contributed by atoms with E-state index in [4.69, 9.17) is 10.5 Å². The largest absolute Gasteiger partial charge is 0.377 e. The van der Waals surface area contributed by atoms with E-state index in [-0.39, 0.29) is 24.8 Å². The summed E-state index contributed by atoms with van der Waals surface area (Å²) in [6.07, 6.45) is 10.1. The Balaban J connectivity index is 0.00000288. The van der Waals surface area contributed by atoms with Gasteiger partial charge in [0.2, 0.25) is 5.91 Å². The van der Waals surface area contributed by atoms with Crippen LogP contribution in [-0.2, 0) is 9.53 Å². The first-order valence-electron chi connectivity index (χ1n) is 9.61. The van der Waals surface area contributed by atoms with Crippen molar-refractivity contribution in [2.45, 2.75) is 63.9 Å². The van der Waals surface area contributed by atoms with Gasteiger partial charge in [-0.25, -0.2) is 0 Å². The summed E-state index contributed by atoms with van der Waals surface area (Å²) < 4.78 is 6.01. The Hall–Kier alpha value is -0.0700. The molecule has 0 saturated carbocycles. The zero-order chi connectivity index (χ0) is 16.3. The first kappa shape index (κ1) is 24.9. The molecular weight excluding hydrogens is 361 g/mol. The quantitative estimate of drug-likeness (QED) is 0.575. The molecule has 2 aliphatic rings. The van der Waals surface area contributed by atoms with Gasteiger partial charge < -0.3 is 20.3 Å². The van der Waals surface area contributed by atoms with Crippen molar-refractivity contribution in [2.75, 3.05) is 45.9 Å². The molecule has 0 aliphatic carbocycles. The van der Waals surface area contributed by atoms with Crippen molar-refractivity contribution in [3.05, 3.63) is 0 Å². The molecule has 0 aromatic heterocycles. The molecule has 7 heteroatoms. The monoisotopic (exact) mass is 397 g/mol. The number of nitrogens with two attached hydrogens (primary N) is 1. The highest BCUT2D eigenvalue weighted by atomic mass is 35.5. The van der Waals surface area contributed by atoms with Gasteiger partial charge in [-0.05, 0) is 58.2 Å². The number of halogens is 2. The summed E-state index contributed by atoms with van der Waals surface area (Å²) in [4.78, 5) is 16.7. The molecule has 0 spiro atoms. The number of likely N-dealkylation sites (tertiary alicyclic amines) is 2. The first-order chi connectivity index (χ1) is 11.3. The standard InChI is InChI=1S/C18H35N3O2.2ClH/c19-10-4-2-1-3-7-18(22)21-13-8-17(9-14-21)23-16-15-20-11-5-6-12-20;;/h17H,1-16,19H2;2*1H. The second-order valence-electron chi connectivity index (χ2n) is 6.95. The fraction of sp³-hybridized carbons (Fsp3) is 0.944. The molecule has 2 N–H and O–H groups in total. The summed E-state index contributed by atoms with van der Waals surface area (Å²) >= 11 is 0. The van der Waals surface area contributed by atoms with E-state index < -0.39 is 0 Å². The third kappa shape index (κ3) is 10.00. The maximum Gasteiger partial charge on any atom is 0.222 e. The van der Waals surface area contributed by atoms with E-state index in [9.17, 15) is 4.79 Å². The minimum atomic E-state index is 0. The number of unbranched alkanes of at least 4 members (excludes halogenated alkanes) is 3. The maximum absolute atomic E-state index is 12.2. The number of hydrogen-bond donors (Lipinski definition) is 1. The number of rotatable bonds is 10. The second kappa shape index (κ2) is 15.0. The van der Waals surface area contributed by atoms with Crippen LogP contribution >= 0.6 is 24.8 Å². The average molecular weight is 398 g/mol. The Morgan fingerprint density at radius 1 is 0.960 bits per heavy atom. The topological polar surface area (TPSA) is 58.8 Å². The van der Waals surface area contributed by atoms with Gasteiger partial charge in [-0.2, -0.15) is 0 Å². The lowest BCUT2D eigenvalue weighted by molar-refractivity contribution is -0.134. The Kier molecular flexibility index (Phi) is 15.0. The van der Waals surface area contributed by atoms with Crippen molar-refractivity contribution < 1.29 is 9.53 Å². The molecule has 2 heterocycles. The van der Waals surface area contributed by atoms with Crippen LogP contribution < -0.4 is 5.73 Å². The summed E-state index contributed by atoms with van der Waals surface area (Å²) in [7, 11) is 0. The Morgan fingerprint density at radius 3 is 2.24 bits per heavy atom. The molecule has 0 aromatic rings. The number of hydrogen-bond acceptors (Lipinski definition) is 4. The smallest absolute Gasteiger partial charge is 0.222 e. The van der Waals surface area contributed by atoms with Crippen molar-refractivity contribution >= 4 is 30.7 Å². The summed E-state index contributed by atoms with van der Waals surface area (Å²) in [6.45, 7) is 6.90. The molecule has 0 unspecified atom stereocenters. The number of piperidine rings is 1. The van der Waals surface area contributed by atoms with Crippen molar-refractivity contribution in [1.82, 2.24) is 9.80 Å². The van der Waals surface area contributed by atoms with E-state index in [0.717, 1.165) is 71.3 Å². The van der Waals surface area contributed by atoms with Crippen LogP contribution in [0.3, 0.4) is 0 Å². The van der Waals surface area contributed by atoms with Gasteiger partial charge in [0.05, 0.1) is 12.7 Å². The molecule has 5 nitrogen and oxygen atoms in total. The zero-order valence-electron chi connectivity index (χ0n) is 15.5. The zero-order valence-corrected chi connectivity index (χ0v) is 17.1. The van der Waals surface area contributed by atoms with Crippen molar-refractivity contribution in [2.24, 2.45) is 5.73 Å². The fourth-order valence-electron chi connectivity index (χ4n) is 3.56. The van der Waals surface area contributed by atoms with Crippen molar-refractivity contribution in [3.63, 3.8) is 0 Å². The van der Waals surface area contributed by atoms with Gasteiger partial charge in [0.15, 0.2) is 0 Å². The molecule has 2 rings (SSSR count). The van der Waals surface area contributed by atoms with Gasteiger partial charge in [0.25, 0.3) is 0 Å².